The van der Waals surface area contributed by atoms with Crippen LogP contribution in [0, 0.1) is 5.82 Å². The molecule has 0 aliphatic heterocycles. The molecule has 7 heteroatoms. The highest BCUT2D eigenvalue weighted by Crippen LogP contribution is 2.29. The number of hydrogen-bond donors (Lipinski definition) is 2. The van der Waals surface area contributed by atoms with E-state index in [1.165, 1.54) is 0 Å². The lowest BCUT2D eigenvalue weighted by molar-refractivity contribution is -0.0521. The lowest BCUT2D eigenvalue weighted by Crippen LogP contribution is -2.09. The molecule has 0 aliphatic carbocycles. The van der Waals surface area contributed by atoms with Crippen LogP contribution in [0.2, 0.25) is 0 Å². The Balaban J connectivity index is 2.02. The molecular weight excluding hydrogens is 273 g/mol. The molecule has 0 aliphatic rings. The Morgan fingerprint density at radius 2 is 2.15 bits per heavy atom. The minimum absolute atomic E-state index is 0.114. The van der Waals surface area contributed by atoms with Crippen molar-refractivity contribution in [3.8, 4) is 5.75 Å². The third kappa shape index (κ3) is 3.59. The minimum atomic E-state index is -3.09. The first-order valence-corrected chi connectivity index (χ1v) is 5.86. The van der Waals surface area contributed by atoms with E-state index in [9.17, 15) is 13.2 Å². The molecular formula is C13H13F3N2O2. The number of alkyl halides is 2. The van der Waals surface area contributed by atoms with Gasteiger partial charge < -0.3 is 20.2 Å². The zero-order valence-corrected chi connectivity index (χ0v) is 10.4. The highest BCUT2D eigenvalue weighted by Gasteiger charge is 2.13. The molecule has 2 aromatic rings. The van der Waals surface area contributed by atoms with Gasteiger partial charge in [-0.3, -0.25) is 0 Å². The van der Waals surface area contributed by atoms with E-state index in [-0.39, 0.29) is 5.69 Å². The number of anilines is 2. The number of nitrogens with one attached hydrogen (secondary N) is 1. The van der Waals surface area contributed by atoms with E-state index in [4.69, 9.17) is 10.2 Å². The Morgan fingerprint density at radius 3 is 2.80 bits per heavy atom. The maximum Gasteiger partial charge on any atom is 0.387 e. The quantitative estimate of drug-likeness (QED) is 0.800. The van der Waals surface area contributed by atoms with Crippen LogP contribution < -0.4 is 15.8 Å². The summed E-state index contributed by atoms with van der Waals surface area (Å²) < 4.78 is 46.8. The molecule has 108 valence electrons. The van der Waals surface area contributed by atoms with Gasteiger partial charge in [0.25, 0.3) is 0 Å². The molecule has 0 unspecified atom stereocenters. The maximum atomic E-state index is 13.4. The predicted octanol–water partition coefficient (Wildman–Crippen LogP) is 3.26. The molecule has 3 N–H and O–H groups in total. The Bertz CT molecular complexity index is 559. The molecule has 0 saturated carbocycles. The predicted molar refractivity (Wildman–Crippen MR) is 68.3 cm³/mol. The van der Waals surface area contributed by atoms with Crippen molar-refractivity contribution in [1.82, 2.24) is 0 Å². The number of nitrogens with two attached hydrogens (primary N) is 1. The fourth-order valence-corrected chi connectivity index (χ4v) is 1.68. The van der Waals surface area contributed by atoms with E-state index in [2.05, 4.69) is 10.1 Å². The van der Waals surface area contributed by atoms with Crippen molar-refractivity contribution < 1.29 is 22.3 Å². The first kappa shape index (κ1) is 14.1. The first-order valence-electron chi connectivity index (χ1n) is 5.86. The third-order valence-electron chi connectivity index (χ3n) is 2.59. The number of halogens is 3. The van der Waals surface area contributed by atoms with Crippen molar-refractivity contribution in [3.63, 3.8) is 0 Å². The summed E-state index contributed by atoms with van der Waals surface area (Å²) in [5.74, 6) is -0.712. The summed E-state index contributed by atoms with van der Waals surface area (Å²) in [5.41, 5.74) is 6.05. The molecule has 20 heavy (non-hydrogen) atoms. The molecule has 0 radical (unpaired) electrons. The van der Waals surface area contributed by atoms with Crippen LogP contribution in [0.15, 0.2) is 34.9 Å². The van der Waals surface area contributed by atoms with Gasteiger partial charge in [-0.05, 0) is 12.1 Å². The summed E-state index contributed by atoms with van der Waals surface area (Å²) in [6, 6.07) is 5.61. The van der Waals surface area contributed by atoms with Crippen LogP contribution >= 0.6 is 0 Å². The average Bonchev–Trinajstić information content (AvgIpc) is 2.87. The molecule has 0 saturated heterocycles. The average molecular weight is 286 g/mol. The molecule has 0 amide bonds. The zero-order chi connectivity index (χ0) is 14.5. The van der Waals surface area contributed by atoms with Crippen LogP contribution in [-0.2, 0) is 6.42 Å². The number of ether oxygens (including phenoxy) is 1. The fourth-order valence-electron chi connectivity index (χ4n) is 1.68. The molecule has 1 heterocycles. The topological polar surface area (TPSA) is 60.4 Å². The van der Waals surface area contributed by atoms with Crippen molar-refractivity contribution in [2.24, 2.45) is 0 Å². The molecule has 1 aromatic carbocycles. The fraction of sp³-hybridized carbons (Fsp3) is 0.231. The van der Waals surface area contributed by atoms with E-state index in [1.54, 1.807) is 18.4 Å². The van der Waals surface area contributed by atoms with Gasteiger partial charge in [0.15, 0.2) is 11.6 Å². The normalized spacial score (nSPS) is 10.8. The van der Waals surface area contributed by atoms with Crippen LogP contribution in [0.1, 0.15) is 5.76 Å². The maximum absolute atomic E-state index is 13.4. The standard InChI is InChI=1S/C13H13F3N2O2/c14-9-6-10(17)11(7-12(9)20-13(15)16)18-4-3-8-2-1-5-19-8/h1-2,5-7,13,18H,3-4,17H2. The number of furan rings is 1. The van der Waals surface area contributed by atoms with Crippen molar-refractivity contribution in [1.29, 1.82) is 0 Å². The van der Waals surface area contributed by atoms with Gasteiger partial charge in [-0.2, -0.15) is 8.78 Å². The molecule has 0 fully saturated rings. The summed E-state index contributed by atoms with van der Waals surface area (Å²) in [5, 5.41) is 2.92. The van der Waals surface area contributed by atoms with Crippen LogP contribution in [-0.4, -0.2) is 13.2 Å². The number of benzene rings is 1. The van der Waals surface area contributed by atoms with E-state index in [0.29, 0.717) is 18.7 Å². The molecule has 0 bridgehead atoms. The zero-order valence-electron chi connectivity index (χ0n) is 10.4. The van der Waals surface area contributed by atoms with Gasteiger partial charge in [-0.25, -0.2) is 4.39 Å². The van der Waals surface area contributed by atoms with E-state index < -0.39 is 18.2 Å². The molecule has 0 spiro atoms. The Hall–Kier alpha value is -2.31. The SMILES string of the molecule is Nc1cc(F)c(OC(F)F)cc1NCCc1ccco1. The first-order chi connectivity index (χ1) is 9.56. The largest absolute Gasteiger partial charge is 0.469 e. The summed E-state index contributed by atoms with van der Waals surface area (Å²) in [7, 11) is 0. The van der Waals surface area contributed by atoms with Crippen LogP contribution in [0.25, 0.3) is 0 Å². The Labute approximate surface area is 113 Å². The second kappa shape index (κ2) is 6.23. The highest BCUT2D eigenvalue weighted by molar-refractivity contribution is 5.68. The van der Waals surface area contributed by atoms with Crippen molar-refractivity contribution in [2.45, 2.75) is 13.0 Å². The molecule has 2 rings (SSSR count). The summed E-state index contributed by atoms with van der Waals surface area (Å²) in [6.07, 6.45) is 2.13. The number of nitrogen functional groups attached to an aromatic ring is 1. The summed E-state index contributed by atoms with van der Waals surface area (Å²) in [6.45, 7) is -2.64. The van der Waals surface area contributed by atoms with Gasteiger partial charge >= 0.3 is 6.61 Å². The lowest BCUT2D eigenvalue weighted by Gasteiger charge is -2.12. The Morgan fingerprint density at radius 1 is 1.35 bits per heavy atom. The second-order valence-corrected chi connectivity index (χ2v) is 4.00. The van der Waals surface area contributed by atoms with Gasteiger partial charge in [0, 0.05) is 25.1 Å². The van der Waals surface area contributed by atoms with Crippen molar-refractivity contribution in [3.05, 3.63) is 42.1 Å². The van der Waals surface area contributed by atoms with E-state index in [0.717, 1.165) is 17.9 Å². The van der Waals surface area contributed by atoms with Gasteiger partial charge in [0.05, 0.1) is 17.6 Å². The number of hydrogen-bond acceptors (Lipinski definition) is 4. The molecule has 0 atom stereocenters. The monoisotopic (exact) mass is 286 g/mol. The van der Waals surface area contributed by atoms with Gasteiger partial charge in [0.1, 0.15) is 5.76 Å². The van der Waals surface area contributed by atoms with Gasteiger partial charge in [-0.15, -0.1) is 0 Å². The van der Waals surface area contributed by atoms with E-state index >= 15 is 0 Å². The highest BCUT2D eigenvalue weighted by atomic mass is 19.3. The van der Waals surface area contributed by atoms with Crippen LogP contribution in [0.3, 0.4) is 0 Å². The third-order valence-corrected chi connectivity index (χ3v) is 2.59. The van der Waals surface area contributed by atoms with Gasteiger partial charge in [-0.1, -0.05) is 0 Å². The second-order valence-electron chi connectivity index (χ2n) is 4.00. The summed E-state index contributed by atoms with van der Waals surface area (Å²) >= 11 is 0. The molecule has 1 aromatic heterocycles. The molecule has 4 nitrogen and oxygen atoms in total. The minimum Gasteiger partial charge on any atom is -0.469 e. The lowest BCUT2D eigenvalue weighted by atomic mass is 10.2. The number of rotatable bonds is 6. The van der Waals surface area contributed by atoms with Crippen LogP contribution in [0.4, 0.5) is 24.5 Å². The van der Waals surface area contributed by atoms with Crippen molar-refractivity contribution >= 4 is 11.4 Å². The Kier molecular flexibility index (Phi) is 4.39. The van der Waals surface area contributed by atoms with Crippen LogP contribution in [0.5, 0.6) is 5.75 Å². The van der Waals surface area contributed by atoms with Crippen molar-refractivity contribution in [2.75, 3.05) is 17.6 Å². The van der Waals surface area contributed by atoms with E-state index in [1.807, 2.05) is 0 Å². The summed E-state index contributed by atoms with van der Waals surface area (Å²) in [4.78, 5) is 0. The van der Waals surface area contributed by atoms with Gasteiger partial charge in [0.2, 0.25) is 0 Å². The smallest absolute Gasteiger partial charge is 0.387 e.